The lowest BCUT2D eigenvalue weighted by atomic mass is 10.1. The van der Waals surface area contributed by atoms with E-state index in [0.717, 1.165) is 30.0 Å². The van der Waals surface area contributed by atoms with Crippen LogP contribution in [0, 0.1) is 13.8 Å². The molecule has 4 heteroatoms. The molecule has 2 N–H and O–H groups in total. The molecule has 0 aliphatic rings. The van der Waals surface area contributed by atoms with Gasteiger partial charge < -0.3 is 10.6 Å². The van der Waals surface area contributed by atoms with Gasteiger partial charge in [0.2, 0.25) is 0 Å². The van der Waals surface area contributed by atoms with E-state index in [4.69, 9.17) is 5.73 Å². The highest BCUT2D eigenvalue weighted by atomic mass is 15.3. The molecule has 0 bridgehead atoms. The van der Waals surface area contributed by atoms with E-state index in [-0.39, 0.29) is 0 Å². The Labute approximate surface area is 104 Å². The summed E-state index contributed by atoms with van der Waals surface area (Å²) >= 11 is 0. The van der Waals surface area contributed by atoms with Crippen LogP contribution in [-0.4, -0.2) is 22.8 Å². The average Bonchev–Trinajstić information content (AvgIpc) is 2.29. The molecule has 0 aliphatic heterocycles. The summed E-state index contributed by atoms with van der Waals surface area (Å²) in [5.74, 6) is 0.951. The molecule has 0 unspecified atom stereocenters. The summed E-state index contributed by atoms with van der Waals surface area (Å²) in [5, 5.41) is 8.57. The van der Waals surface area contributed by atoms with Gasteiger partial charge in [0.05, 0.1) is 5.69 Å². The van der Waals surface area contributed by atoms with Crippen LogP contribution in [0.4, 0.5) is 5.82 Å². The fourth-order valence-electron chi connectivity index (χ4n) is 1.97. The van der Waals surface area contributed by atoms with Gasteiger partial charge in [0.15, 0.2) is 5.82 Å². The molecule has 0 spiro atoms. The maximum atomic E-state index is 5.86. The van der Waals surface area contributed by atoms with Crippen molar-refractivity contribution in [1.82, 2.24) is 10.2 Å². The highest BCUT2D eigenvalue weighted by Gasteiger charge is 2.17. The fraction of sp³-hybridized carbons (Fsp3) is 0.692. The summed E-state index contributed by atoms with van der Waals surface area (Å²) in [6.45, 7) is 12.1. The number of hydrogen-bond acceptors (Lipinski definition) is 4. The number of nitrogens with zero attached hydrogens (tertiary/aromatic N) is 3. The monoisotopic (exact) mass is 236 g/mol. The summed E-state index contributed by atoms with van der Waals surface area (Å²) < 4.78 is 0. The van der Waals surface area contributed by atoms with Gasteiger partial charge in [-0.15, -0.1) is 5.10 Å². The summed E-state index contributed by atoms with van der Waals surface area (Å²) in [4.78, 5) is 2.28. The van der Waals surface area contributed by atoms with Gasteiger partial charge in [-0.05, 0) is 39.7 Å². The van der Waals surface area contributed by atoms with Crippen LogP contribution in [0.15, 0.2) is 0 Å². The van der Waals surface area contributed by atoms with E-state index in [1.807, 2.05) is 6.92 Å². The van der Waals surface area contributed by atoms with E-state index >= 15 is 0 Å². The third kappa shape index (κ3) is 2.94. The molecule has 0 aromatic carbocycles. The van der Waals surface area contributed by atoms with Gasteiger partial charge in [0.25, 0.3) is 0 Å². The molecule has 1 heterocycles. The molecule has 0 fully saturated rings. The minimum atomic E-state index is 0.414. The second-order valence-corrected chi connectivity index (χ2v) is 4.70. The predicted octanol–water partition coefficient (Wildman–Crippen LogP) is 2.18. The van der Waals surface area contributed by atoms with Crippen LogP contribution in [0.3, 0.4) is 0 Å². The minimum absolute atomic E-state index is 0.414. The van der Waals surface area contributed by atoms with Crippen LogP contribution in [0.5, 0.6) is 0 Å². The van der Waals surface area contributed by atoms with E-state index in [0.29, 0.717) is 12.6 Å². The first-order valence-corrected chi connectivity index (χ1v) is 6.32. The quantitative estimate of drug-likeness (QED) is 0.851. The van der Waals surface area contributed by atoms with Gasteiger partial charge in [-0.25, -0.2) is 0 Å². The number of hydrogen-bond donors (Lipinski definition) is 1. The van der Waals surface area contributed by atoms with E-state index in [2.05, 4.69) is 42.8 Å². The zero-order chi connectivity index (χ0) is 13.0. The van der Waals surface area contributed by atoms with Gasteiger partial charge in [0.1, 0.15) is 0 Å². The van der Waals surface area contributed by atoms with Crippen molar-refractivity contribution in [2.24, 2.45) is 5.73 Å². The van der Waals surface area contributed by atoms with Crippen LogP contribution in [0.1, 0.15) is 44.0 Å². The van der Waals surface area contributed by atoms with Gasteiger partial charge in [0, 0.05) is 24.7 Å². The summed E-state index contributed by atoms with van der Waals surface area (Å²) in [7, 11) is 0. The van der Waals surface area contributed by atoms with Crippen molar-refractivity contribution in [2.75, 3.05) is 11.4 Å². The average molecular weight is 236 g/mol. The second kappa shape index (κ2) is 5.96. The molecule has 0 aliphatic carbocycles. The van der Waals surface area contributed by atoms with Gasteiger partial charge in [-0.1, -0.05) is 6.92 Å². The Bertz CT molecular complexity index is 374. The Kier molecular flexibility index (Phi) is 4.87. The van der Waals surface area contributed by atoms with Crippen molar-refractivity contribution in [1.29, 1.82) is 0 Å². The Balaban J connectivity index is 3.23. The SMILES string of the molecule is CCCN(c1nnc(C)c(C)c1CN)C(C)C. The van der Waals surface area contributed by atoms with Crippen molar-refractivity contribution >= 4 is 5.82 Å². The molecule has 1 aromatic heterocycles. The summed E-state index contributed by atoms with van der Waals surface area (Å²) in [5.41, 5.74) is 9.12. The lowest BCUT2D eigenvalue weighted by molar-refractivity contribution is 0.649. The van der Waals surface area contributed by atoms with Crippen LogP contribution in [-0.2, 0) is 6.54 Å². The van der Waals surface area contributed by atoms with Crippen LogP contribution in [0.2, 0.25) is 0 Å². The molecule has 96 valence electrons. The second-order valence-electron chi connectivity index (χ2n) is 4.70. The highest BCUT2D eigenvalue weighted by Crippen LogP contribution is 2.23. The Morgan fingerprint density at radius 3 is 2.35 bits per heavy atom. The number of aromatic nitrogens is 2. The zero-order valence-corrected chi connectivity index (χ0v) is 11.6. The Hall–Kier alpha value is -1.16. The number of nitrogens with two attached hydrogens (primary N) is 1. The molecule has 0 amide bonds. The molecule has 0 radical (unpaired) electrons. The summed E-state index contributed by atoms with van der Waals surface area (Å²) in [6.07, 6.45) is 1.09. The largest absolute Gasteiger partial charge is 0.352 e. The molecule has 0 saturated carbocycles. The van der Waals surface area contributed by atoms with Crippen molar-refractivity contribution in [3.63, 3.8) is 0 Å². The maximum Gasteiger partial charge on any atom is 0.156 e. The number of aryl methyl sites for hydroxylation is 1. The van der Waals surface area contributed by atoms with Gasteiger partial charge >= 0.3 is 0 Å². The third-order valence-corrected chi connectivity index (χ3v) is 3.12. The molecule has 0 saturated heterocycles. The normalized spacial score (nSPS) is 11.0. The van der Waals surface area contributed by atoms with E-state index in [9.17, 15) is 0 Å². The molecular weight excluding hydrogens is 212 g/mol. The lowest BCUT2D eigenvalue weighted by Crippen LogP contribution is -2.34. The highest BCUT2D eigenvalue weighted by molar-refractivity contribution is 5.51. The van der Waals surface area contributed by atoms with Gasteiger partial charge in [-0.3, -0.25) is 0 Å². The maximum absolute atomic E-state index is 5.86. The van der Waals surface area contributed by atoms with Gasteiger partial charge in [-0.2, -0.15) is 5.10 Å². The Morgan fingerprint density at radius 1 is 1.24 bits per heavy atom. The van der Waals surface area contributed by atoms with Crippen LogP contribution >= 0.6 is 0 Å². The van der Waals surface area contributed by atoms with E-state index < -0.39 is 0 Å². The van der Waals surface area contributed by atoms with Crippen molar-refractivity contribution in [3.05, 3.63) is 16.8 Å². The predicted molar refractivity (Wildman–Crippen MR) is 72.2 cm³/mol. The van der Waals surface area contributed by atoms with Crippen LogP contribution in [0.25, 0.3) is 0 Å². The smallest absolute Gasteiger partial charge is 0.156 e. The van der Waals surface area contributed by atoms with E-state index in [1.54, 1.807) is 0 Å². The van der Waals surface area contributed by atoms with Crippen LogP contribution < -0.4 is 10.6 Å². The van der Waals surface area contributed by atoms with Crippen molar-refractivity contribution in [3.8, 4) is 0 Å². The topological polar surface area (TPSA) is 55.0 Å². The summed E-state index contributed by atoms with van der Waals surface area (Å²) in [6, 6.07) is 0.414. The fourth-order valence-corrected chi connectivity index (χ4v) is 1.97. The molecule has 17 heavy (non-hydrogen) atoms. The third-order valence-electron chi connectivity index (χ3n) is 3.12. The van der Waals surface area contributed by atoms with Crippen molar-refractivity contribution in [2.45, 2.75) is 53.6 Å². The Morgan fingerprint density at radius 2 is 1.88 bits per heavy atom. The number of anilines is 1. The lowest BCUT2D eigenvalue weighted by Gasteiger charge is -2.29. The standard InChI is InChI=1S/C13H24N4/c1-6-7-17(9(2)3)13-12(8-14)10(4)11(5)15-16-13/h9H,6-8,14H2,1-5H3. The molecule has 1 aromatic rings. The molecule has 4 nitrogen and oxygen atoms in total. The minimum Gasteiger partial charge on any atom is -0.352 e. The molecular formula is C13H24N4. The first kappa shape index (κ1) is 13.9. The first-order valence-electron chi connectivity index (χ1n) is 6.32. The van der Waals surface area contributed by atoms with E-state index in [1.165, 1.54) is 5.56 Å². The number of rotatable bonds is 5. The zero-order valence-electron chi connectivity index (χ0n) is 11.6. The molecule has 1 rings (SSSR count). The van der Waals surface area contributed by atoms with Crippen molar-refractivity contribution < 1.29 is 0 Å². The molecule has 0 atom stereocenters. The first-order chi connectivity index (χ1) is 8.02.